The van der Waals surface area contributed by atoms with Crippen LogP contribution in [0.2, 0.25) is 0 Å². The number of likely N-dealkylation sites (N-methyl/N-ethyl adjacent to an activating group) is 1. The Morgan fingerprint density at radius 3 is 2.50 bits per heavy atom. The van der Waals surface area contributed by atoms with Crippen molar-refractivity contribution in [3.63, 3.8) is 0 Å². The molecule has 1 heterocycles. The van der Waals surface area contributed by atoms with Crippen molar-refractivity contribution >= 4 is 0 Å². The van der Waals surface area contributed by atoms with Gasteiger partial charge in [0.05, 0.1) is 12.2 Å². The van der Waals surface area contributed by atoms with Gasteiger partial charge in [-0.25, -0.2) is 14.0 Å². The zero-order chi connectivity index (χ0) is 13.1. The predicted octanol–water partition coefficient (Wildman–Crippen LogP) is 0.904. The topological polar surface area (TPSA) is 43.1 Å². The number of rotatable bonds is 4. The molecule has 1 aromatic carbocycles. The molecule has 0 aliphatic carbocycles. The molecule has 18 heavy (non-hydrogen) atoms. The maximum atomic E-state index is 12.1. The fraction of sp³-hybridized carbons (Fsp3) is 0.385. The van der Waals surface area contributed by atoms with E-state index in [0.717, 1.165) is 12.2 Å². The number of aromatic nitrogens is 3. The summed E-state index contributed by atoms with van der Waals surface area (Å²) in [4.78, 5) is 14.1. The van der Waals surface area contributed by atoms with Crippen molar-refractivity contribution in [1.29, 1.82) is 0 Å². The Labute approximate surface area is 106 Å². The van der Waals surface area contributed by atoms with E-state index in [1.165, 1.54) is 10.2 Å². The first-order valence-corrected chi connectivity index (χ1v) is 5.94. The molecule has 0 bridgehead atoms. The van der Waals surface area contributed by atoms with Crippen molar-refractivity contribution in [2.45, 2.75) is 13.5 Å². The summed E-state index contributed by atoms with van der Waals surface area (Å²) in [6.07, 6.45) is 1.57. The zero-order valence-corrected chi connectivity index (χ0v) is 11.0. The van der Waals surface area contributed by atoms with Gasteiger partial charge >= 0.3 is 5.69 Å². The first-order chi connectivity index (χ1) is 8.58. The molecule has 0 N–H and O–H groups in total. The molecule has 0 aliphatic rings. The Kier molecular flexibility index (Phi) is 3.62. The van der Waals surface area contributed by atoms with Gasteiger partial charge in [-0.05, 0) is 33.2 Å². The lowest BCUT2D eigenvalue weighted by Gasteiger charge is -2.07. The summed E-state index contributed by atoms with van der Waals surface area (Å²) in [5.41, 5.74) is 1.93. The standard InChI is InChI=1S/C13H18N4O/c1-11-4-6-12(7-5-11)16-10-14-17(13(16)18)9-8-15(2)3/h4-7,10H,8-9H2,1-3H3. The maximum Gasteiger partial charge on any atom is 0.350 e. The zero-order valence-electron chi connectivity index (χ0n) is 11.0. The highest BCUT2D eigenvalue weighted by Crippen LogP contribution is 2.06. The normalized spacial score (nSPS) is 11.1. The molecule has 2 aromatic rings. The summed E-state index contributed by atoms with van der Waals surface area (Å²) < 4.78 is 3.05. The van der Waals surface area contributed by atoms with Crippen LogP contribution in [0.1, 0.15) is 5.56 Å². The highest BCUT2D eigenvalue weighted by atomic mass is 16.2. The predicted molar refractivity (Wildman–Crippen MR) is 71.1 cm³/mol. The second kappa shape index (κ2) is 5.18. The first-order valence-electron chi connectivity index (χ1n) is 5.94. The van der Waals surface area contributed by atoms with Gasteiger partial charge in [0, 0.05) is 6.54 Å². The van der Waals surface area contributed by atoms with Crippen molar-refractivity contribution in [3.05, 3.63) is 46.6 Å². The smallest absolute Gasteiger partial charge is 0.308 e. The summed E-state index contributed by atoms with van der Waals surface area (Å²) >= 11 is 0. The van der Waals surface area contributed by atoms with E-state index in [1.807, 2.05) is 50.2 Å². The molecule has 0 saturated heterocycles. The van der Waals surface area contributed by atoms with E-state index in [-0.39, 0.29) is 5.69 Å². The molecule has 0 radical (unpaired) electrons. The van der Waals surface area contributed by atoms with Crippen LogP contribution in [0.25, 0.3) is 5.69 Å². The first kappa shape index (κ1) is 12.6. The van der Waals surface area contributed by atoms with Gasteiger partial charge in [0.1, 0.15) is 6.33 Å². The second-order valence-corrected chi connectivity index (χ2v) is 4.65. The van der Waals surface area contributed by atoms with E-state index < -0.39 is 0 Å². The third kappa shape index (κ3) is 2.68. The Morgan fingerprint density at radius 1 is 1.22 bits per heavy atom. The molecule has 0 amide bonds. The molecule has 0 fully saturated rings. The molecule has 96 valence electrons. The molecule has 1 aromatic heterocycles. The summed E-state index contributed by atoms with van der Waals surface area (Å²) in [5, 5.41) is 4.13. The van der Waals surface area contributed by atoms with Crippen LogP contribution < -0.4 is 5.69 Å². The Balaban J connectivity index is 2.25. The largest absolute Gasteiger partial charge is 0.350 e. The van der Waals surface area contributed by atoms with Crippen LogP contribution in [0.15, 0.2) is 35.4 Å². The van der Waals surface area contributed by atoms with E-state index in [1.54, 1.807) is 10.9 Å². The van der Waals surface area contributed by atoms with Gasteiger partial charge in [0.25, 0.3) is 0 Å². The van der Waals surface area contributed by atoms with E-state index >= 15 is 0 Å². The van der Waals surface area contributed by atoms with Crippen molar-refractivity contribution in [1.82, 2.24) is 19.2 Å². The highest BCUT2D eigenvalue weighted by Gasteiger charge is 2.06. The number of hydrogen-bond donors (Lipinski definition) is 0. The third-order valence-corrected chi connectivity index (χ3v) is 2.80. The third-order valence-electron chi connectivity index (χ3n) is 2.80. The van der Waals surface area contributed by atoms with Crippen LogP contribution in [0.3, 0.4) is 0 Å². The average Bonchev–Trinajstić information content (AvgIpc) is 2.69. The average molecular weight is 246 g/mol. The summed E-state index contributed by atoms with van der Waals surface area (Å²) in [5.74, 6) is 0. The highest BCUT2D eigenvalue weighted by molar-refractivity contribution is 5.33. The number of benzene rings is 1. The monoisotopic (exact) mass is 246 g/mol. The van der Waals surface area contributed by atoms with Crippen LogP contribution in [0.4, 0.5) is 0 Å². The van der Waals surface area contributed by atoms with Crippen LogP contribution in [0.5, 0.6) is 0 Å². The van der Waals surface area contributed by atoms with Crippen LogP contribution in [-0.4, -0.2) is 39.9 Å². The van der Waals surface area contributed by atoms with Gasteiger partial charge in [0.15, 0.2) is 0 Å². The maximum absolute atomic E-state index is 12.1. The van der Waals surface area contributed by atoms with Crippen molar-refractivity contribution in [2.75, 3.05) is 20.6 Å². The van der Waals surface area contributed by atoms with Crippen molar-refractivity contribution in [3.8, 4) is 5.69 Å². The van der Waals surface area contributed by atoms with E-state index in [2.05, 4.69) is 5.10 Å². The van der Waals surface area contributed by atoms with Gasteiger partial charge in [-0.2, -0.15) is 5.10 Å². The van der Waals surface area contributed by atoms with Crippen LogP contribution in [0, 0.1) is 6.92 Å². The van der Waals surface area contributed by atoms with Gasteiger partial charge in [-0.3, -0.25) is 0 Å². The van der Waals surface area contributed by atoms with Crippen molar-refractivity contribution < 1.29 is 0 Å². The Hall–Kier alpha value is -1.88. The molecule has 2 rings (SSSR count). The summed E-state index contributed by atoms with van der Waals surface area (Å²) in [6, 6.07) is 7.82. The number of aryl methyl sites for hydroxylation is 1. The Bertz CT molecular complexity index is 565. The van der Waals surface area contributed by atoms with Gasteiger partial charge < -0.3 is 4.90 Å². The van der Waals surface area contributed by atoms with Gasteiger partial charge in [-0.1, -0.05) is 17.7 Å². The number of hydrogen-bond acceptors (Lipinski definition) is 3. The fourth-order valence-electron chi connectivity index (χ4n) is 1.67. The fourth-order valence-corrected chi connectivity index (χ4v) is 1.67. The molecule has 0 aliphatic heterocycles. The van der Waals surface area contributed by atoms with E-state index in [4.69, 9.17) is 0 Å². The quantitative estimate of drug-likeness (QED) is 0.805. The minimum Gasteiger partial charge on any atom is -0.308 e. The van der Waals surface area contributed by atoms with Gasteiger partial charge in [-0.15, -0.1) is 0 Å². The van der Waals surface area contributed by atoms with Crippen molar-refractivity contribution in [2.24, 2.45) is 0 Å². The minimum absolute atomic E-state index is 0.0966. The van der Waals surface area contributed by atoms with E-state index in [9.17, 15) is 4.79 Å². The number of nitrogens with zero attached hydrogens (tertiary/aromatic N) is 4. The van der Waals surface area contributed by atoms with Gasteiger partial charge in [0.2, 0.25) is 0 Å². The second-order valence-electron chi connectivity index (χ2n) is 4.65. The summed E-state index contributed by atoms with van der Waals surface area (Å²) in [7, 11) is 3.95. The molecule has 0 unspecified atom stereocenters. The molecule has 0 spiro atoms. The molecule has 5 nitrogen and oxygen atoms in total. The van der Waals surface area contributed by atoms with Crippen LogP contribution in [-0.2, 0) is 6.54 Å². The molecular weight excluding hydrogens is 228 g/mol. The lowest BCUT2D eigenvalue weighted by atomic mass is 10.2. The SMILES string of the molecule is Cc1ccc(-n2cnn(CCN(C)C)c2=O)cc1. The minimum atomic E-state index is -0.0966. The lowest BCUT2D eigenvalue weighted by molar-refractivity contribution is 0.369. The summed E-state index contributed by atoms with van der Waals surface area (Å²) in [6.45, 7) is 3.42. The molecule has 0 saturated carbocycles. The van der Waals surface area contributed by atoms with E-state index in [0.29, 0.717) is 6.54 Å². The molecular formula is C13H18N4O. The lowest BCUT2D eigenvalue weighted by Crippen LogP contribution is -2.28. The van der Waals surface area contributed by atoms with Crippen LogP contribution >= 0.6 is 0 Å². The Morgan fingerprint density at radius 2 is 1.89 bits per heavy atom. The molecule has 5 heteroatoms. The molecule has 0 atom stereocenters.